The van der Waals surface area contributed by atoms with E-state index in [1.54, 1.807) is 6.07 Å². The van der Waals surface area contributed by atoms with E-state index >= 15 is 0 Å². The molecule has 25 heavy (non-hydrogen) atoms. The number of rotatable bonds is 2. The summed E-state index contributed by atoms with van der Waals surface area (Å²) >= 11 is 0. The number of nitrogens with one attached hydrogen (secondary N) is 1. The lowest BCUT2D eigenvalue weighted by Gasteiger charge is -2.19. The third-order valence-electron chi connectivity index (χ3n) is 4.27. The van der Waals surface area contributed by atoms with Gasteiger partial charge in [-0.1, -0.05) is 11.8 Å². The molecule has 0 atom stereocenters. The van der Waals surface area contributed by atoms with E-state index in [2.05, 4.69) is 17.2 Å². The number of aryl methyl sites for hydroxylation is 1. The molecule has 0 spiro atoms. The summed E-state index contributed by atoms with van der Waals surface area (Å²) in [6.45, 7) is 3.00. The molecule has 0 unspecified atom stereocenters. The van der Waals surface area contributed by atoms with Gasteiger partial charge in [-0.15, -0.1) is 0 Å². The lowest BCUT2D eigenvalue weighted by atomic mass is 10.0. The fourth-order valence-corrected chi connectivity index (χ4v) is 2.73. The summed E-state index contributed by atoms with van der Waals surface area (Å²) in [5, 5.41) is 2.92. The average Bonchev–Trinajstić information content (AvgIpc) is 3.44. The number of anilines is 1. The number of hydrogen-bond acceptors (Lipinski definition) is 3. The summed E-state index contributed by atoms with van der Waals surface area (Å²) in [6.07, 6.45) is 2.42. The van der Waals surface area contributed by atoms with Gasteiger partial charge in [0.2, 0.25) is 0 Å². The molecular weight excluding hydrogens is 314 g/mol. The van der Waals surface area contributed by atoms with Gasteiger partial charge >= 0.3 is 0 Å². The minimum absolute atomic E-state index is 0.143. The van der Waals surface area contributed by atoms with E-state index in [1.165, 1.54) is 12.8 Å². The molecule has 1 fully saturated rings. The third kappa shape index (κ3) is 3.61. The summed E-state index contributed by atoms with van der Waals surface area (Å²) < 4.78 is 11.0. The monoisotopic (exact) mass is 333 g/mol. The van der Waals surface area contributed by atoms with Crippen LogP contribution >= 0.6 is 0 Å². The van der Waals surface area contributed by atoms with Crippen molar-refractivity contribution in [2.75, 3.05) is 18.5 Å². The molecule has 2 aliphatic rings. The van der Waals surface area contributed by atoms with Crippen LogP contribution in [0.15, 0.2) is 36.4 Å². The molecule has 1 saturated carbocycles. The van der Waals surface area contributed by atoms with Crippen molar-refractivity contribution in [2.45, 2.75) is 19.8 Å². The van der Waals surface area contributed by atoms with Crippen LogP contribution in [0.2, 0.25) is 0 Å². The minimum Gasteiger partial charge on any atom is -0.486 e. The highest BCUT2D eigenvalue weighted by molar-refractivity contribution is 6.05. The molecule has 0 aromatic heterocycles. The number of ether oxygens (including phenoxy) is 2. The lowest BCUT2D eigenvalue weighted by molar-refractivity contribution is 0.102. The van der Waals surface area contributed by atoms with Gasteiger partial charge in [0.25, 0.3) is 5.91 Å². The number of carbonyl (C=O) groups is 1. The summed E-state index contributed by atoms with van der Waals surface area (Å²) in [5.41, 5.74) is 3.20. The second-order valence-corrected chi connectivity index (χ2v) is 6.39. The number of hydrogen-bond donors (Lipinski definition) is 1. The molecule has 0 radical (unpaired) electrons. The Bertz CT molecular complexity index is 888. The van der Waals surface area contributed by atoms with Crippen LogP contribution in [0.5, 0.6) is 11.5 Å². The Kier molecular flexibility index (Phi) is 4.07. The van der Waals surface area contributed by atoms with Crippen molar-refractivity contribution in [3.63, 3.8) is 0 Å². The second-order valence-electron chi connectivity index (χ2n) is 6.39. The Hall–Kier alpha value is -2.93. The maximum atomic E-state index is 12.6. The molecule has 1 N–H and O–H groups in total. The average molecular weight is 333 g/mol. The third-order valence-corrected chi connectivity index (χ3v) is 4.27. The van der Waals surface area contributed by atoms with Gasteiger partial charge in [0.15, 0.2) is 11.5 Å². The van der Waals surface area contributed by atoms with Crippen molar-refractivity contribution >= 4 is 11.6 Å². The van der Waals surface area contributed by atoms with Crippen LogP contribution in [0.3, 0.4) is 0 Å². The van der Waals surface area contributed by atoms with Crippen molar-refractivity contribution in [2.24, 2.45) is 5.92 Å². The second kappa shape index (κ2) is 6.52. The Labute approximate surface area is 147 Å². The van der Waals surface area contributed by atoms with E-state index in [1.807, 2.05) is 37.3 Å². The van der Waals surface area contributed by atoms with Gasteiger partial charge in [0, 0.05) is 28.8 Å². The van der Waals surface area contributed by atoms with Gasteiger partial charge in [-0.05, 0) is 55.7 Å². The van der Waals surface area contributed by atoms with E-state index in [9.17, 15) is 4.79 Å². The molecule has 1 amide bonds. The highest BCUT2D eigenvalue weighted by Gasteiger charge is 2.18. The Balaban J connectivity index is 1.50. The van der Waals surface area contributed by atoms with Crippen molar-refractivity contribution in [1.82, 2.24) is 0 Å². The van der Waals surface area contributed by atoms with Crippen LogP contribution in [0.1, 0.15) is 34.3 Å². The van der Waals surface area contributed by atoms with Gasteiger partial charge in [-0.25, -0.2) is 0 Å². The number of amides is 1. The molecule has 1 aliphatic heterocycles. The van der Waals surface area contributed by atoms with Crippen LogP contribution in [-0.2, 0) is 0 Å². The molecule has 0 saturated heterocycles. The van der Waals surface area contributed by atoms with Gasteiger partial charge in [0.1, 0.15) is 13.2 Å². The SMILES string of the molecule is Cc1cc(C#CC2CC2)ccc1C(=O)Nc1ccc2c(c1)OCCO2. The number of fused-ring (bicyclic) bond motifs is 1. The first-order chi connectivity index (χ1) is 12.2. The fourth-order valence-electron chi connectivity index (χ4n) is 2.73. The molecule has 4 rings (SSSR count). The molecule has 2 aromatic rings. The highest BCUT2D eigenvalue weighted by Crippen LogP contribution is 2.32. The zero-order valence-corrected chi connectivity index (χ0v) is 14.1. The van der Waals surface area contributed by atoms with E-state index < -0.39 is 0 Å². The van der Waals surface area contributed by atoms with Crippen LogP contribution < -0.4 is 14.8 Å². The van der Waals surface area contributed by atoms with Crippen molar-refractivity contribution in [3.05, 3.63) is 53.1 Å². The summed E-state index contributed by atoms with van der Waals surface area (Å²) in [7, 11) is 0. The van der Waals surface area contributed by atoms with E-state index in [0.29, 0.717) is 41.9 Å². The predicted octanol–water partition coefficient (Wildman–Crippen LogP) is 3.78. The first-order valence-electron chi connectivity index (χ1n) is 8.52. The van der Waals surface area contributed by atoms with Crippen LogP contribution in [0, 0.1) is 24.7 Å². The minimum atomic E-state index is -0.143. The first kappa shape index (κ1) is 15.6. The Morgan fingerprint density at radius 2 is 1.88 bits per heavy atom. The molecular formula is C21H19NO3. The zero-order chi connectivity index (χ0) is 17.2. The van der Waals surface area contributed by atoms with Crippen LogP contribution in [-0.4, -0.2) is 19.1 Å². The molecule has 0 bridgehead atoms. The quantitative estimate of drug-likeness (QED) is 0.851. The zero-order valence-electron chi connectivity index (χ0n) is 14.1. The topological polar surface area (TPSA) is 47.6 Å². The van der Waals surface area contributed by atoms with Crippen molar-refractivity contribution in [3.8, 4) is 23.3 Å². The van der Waals surface area contributed by atoms with Crippen LogP contribution in [0.4, 0.5) is 5.69 Å². The number of carbonyl (C=O) groups excluding carboxylic acids is 1. The molecule has 126 valence electrons. The molecule has 2 aromatic carbocycles. The summed E-state index contributed by atoms with van der Waals surface area (Å²) in [4.78, 5) is 12.6. The molecule has 4 heteroatoms. The van der Waals surface area contributed by atoms with Crippen molar-refractivity contribution < 1.29 is 14.3 Å². The lowest BCUT2D eigenvalue weighted by Crippen LogP contribution is -2.17. The van der Waals surface area contributed by atoms with Crippen molar-refractivity contribution in [1.29, 1.82) is 0 Å². The van der Waals surface area contributed by atoms with Gasteiger partial charge in [-0.2, -0.15) is 0 Å². The summed E-state index contributed by atoms with van der Waals surface area (Å²) in [6, 6.07) is 11.1. The first-order valence-corrected chi connectivity index (χ1v) is 8.52. The standard InChI is InChI=1S/C21H19NO3/c1-14-12-16(5-4-15-2-3-15)6-8-18(14)21(23)22-17-7-9-19-20(13-17)25-11-10-24-19/h6-9,12-13,15H,2-3,10-11H2,1H3,(H,22,23). The van der Waals surface area contributed by atoms with E-state index in [-0.39, 0.29) is 5.91 Å². The maximum Gasteiger partial charge on any atom is 0.255 e. The maximum absolute atomic E-state index is 12.6. The fraction of sp³-hybridized carbons (Fsp3) is 0.286. The molecule has 1 aliphatic carbocycles. The predicted molar refractivity (Wildman–Crippen MR) is 96.2 cm³/mol. The largest absolute Gasteiger partial charge is 0.486 e. The van der Waals surface area contributed by atoms with E-state index in [0.717, 1.165) is 11.1 Å². The Morgan fingerprint density at radius 1 is 1.08 bits per heavy atom. The van der Waals surface area contributed by atoms with Gasteiger partial charge in [-0.3, -0.25) is 4.79 Å². The highest BCUT2D eigenvalue weighted by atomic mass is 16.6. The molecule has 1 heterocycles. The normalized spacial score (nSPS) is 15.1. The number of benzene rings is 2. The van der Waals surface area contributed by atoms with Crippen LogP contribution in [0.25, 0.3) is 0 Å². The van der Waals surface area contributed by atoms with E-state index in [4.69, 9.17) is 9.47 Å². The van der Waals surface area contributed by atoms with Gasteiger partial charge in [0.05, 0.1) is 0 Å². The summed E-state index contributed by atoms with van der Waals surface area (Å²) in [5.74, 6) is 8.22. The smallest absolute Gasteiger partial charge is 0.255 e. The van der Waals surface area contributed by atoms with Gasteiger partial charge < -0.3 is 14.8 Å². The molecule has 4 nitrogen and oxygen atoms in total. The Morgan fingerprint density at radius 3 is 2.64 bits per heavy atom.